The van der Waals surface area contributed by atoms with E-state index in [2.05, 4.69) is 20.6 Å². The zero-order valence-electron chi connectivity index (χ0n) is 13.5. The number of ether oxygens (including phenoxy) is 2. The Morgan fingerprint density at radius 1 is 1.17 bits per heavy atom. The Hall–Kier alpha value is -2.76. The molecule has 1 aromatic heterocycles. The molecule has 0 radical (unpaired) electrons. The number of aromatic nitrogens is 1. The van der Waals surface area contributed by atoms with Crippen molar-refractivity contribution in [3.8, 4) is 11.6 Å². The zero-order valence-corrected chi connectivity index (χ0v) is 13.5. The van der Waals surface area contributed by atoms with Gasteiger partial charge >= 0.3 is 0 Å². The highest BCUT2D eigenvalue weighted by atomic mass is 16.5. The van der Waals surface area contributed by atoms with Crippen LogP contribution >= 0.6 is 0 Å². The molecule has 1 aromatic carbocycles. The van der Waals surface area contributed by atoms with Crippen LogP contribution in [0.3, 0.4) is 0 Å². The van der Waals surface area contributed by atoms with E-state index < -0.39 is 0 Å². The van der Waals surface area contributed by atoms with Crippen molar-refractivity contribution in [2.45, 2.75) is 6.54 Å². The van der Waals surface area contributed by atoms with Crippen molar-refractivity contribution >= 4 is 5.96 Å². The van der Waals surface area contributed by atoms with Gasteiger partial charge in [0, 0.05) is 25.9 Å². The van der Waals surface area contributed by atoms with Gasteiger partial charge in [0.2, 0.25) is 5.88 Å². The molecule has 2 rings (SSSR count). The van der Waals surface area contributed by atoms with Gasteiger partial charge < -0.3 is 20.1 Å². The quantitative estimate of drug-likeness (QED) is 0.464. The summed E-state index contributed by atoms with van der Waals surface area (Å²) in [6, 6.07) is 13.6. The number of guanidine groups is 1. The van der Waals surface area contributed by atoms with Crippen LogP contribution in [0.1, 0.15) is 5.56 Å². The van der Waals surface area contributed by atoms with Gasteiger partial charge in [-0.1, -0.05) is 18.2 Å². The van der Waals surface area contributed by atoms with E-state index in [1.807, 2.05) is 42.5 Å². The monoisotopic (exact) mass is 314 g/mol. The minimum atomic E-state index is 0.563. The summed E-state index contributed by atoms with van der Waals surface area (Å²) in [7, 11) is 3.34. The number of pyridine rings is 1. The summed E-state index contributed by atoms with van der Waals surface area (Å²) in [5, 5.41) is 6.44. The first kappa shape index (κ1) is 16.6. The number of hydrogen-bond donors (Lipinski definition) is 2. The van der Waals surface area contributed by atoms with Gasteiger partial charge in [-0.15, -0.1) is 0 Å². The maximum absolute atomic E-state index is 5.62. The lowest BCUT2D eigenvalue weighted by Crippen LogP contribution is -2.38. The van der Waals surface area contributed by atoms with Gasteiger partial charge in [-0.3, -0.25) is 4.99 Å². The smallest absolute Gasteiger partial charge is 0.213 e. The predicted molar refractivity (Wildman–Crippen MR) is 90.9 cm³/mol. The summed E-state index contributed by atoms with van der Waals surface area (Å²) in [6.07, 6.45) is 1.72. The molecule has 23 heavy (non-hydrogen) atoms. The third kappa shape index (κ3) is 5.86. The fraction of sp³-hybridized carbons (Fsp3) is 0.294. The maximum atomic E-state index is 5.62. The number of nitrogens with one attached hydrogen (secondary N) is 2. The fourth-order valence-corrected chi connectivity index (χ4v) is 1.93. The van der Waals surface area contributed by atoms with E-state index >= 15 is 0 Å². The third-order valence-corrected chi connectivity index (χ3v) is 3.10. The molecule has 0 atom stereocenters. The van der Waals surface area contributed by atoms with Gasteiger partial charge in [-0.05, 0) is 23.8 Å². The highest BCUT2D eigenvalue weighted by Gasteiger charge is 2.00. The Morgan fingerprint density at radius 2 is 2.00 bits per heavy atom. The van der Waals surface area contributed by atoms with Crippen LogP contribution in [-0.4, -0.2) is 38.3 Å². The van der Waals surface area contributed by atoms with E-state index in [4.69, 9.17) is 9.47 Å². The second kappa shape index (κ2) is 9.30. The van der Waals surface area contributed by atoms with E-state index in [0.29, 0.717) is 25.6 Å². The summed E-state index contributed by atoms with van der Waals surface area (Å²) >= 11 is 0. The highest BCUT2D eigenvalue weighted by molar-refractivity contribution is 5.79. The molecule has 0 spiro atoms. The lowest BCUT2D eigenvalue weighted by molar-refractivity contribution is 0.322. The second-order valence-corrected chi connectivity index (χ2v) is 4.72. The number of hydrogen-bond acceptors (Lipinski definition) is 4. The molecule has 2 aromatic rings. The van der Waals surface area contributed by atoms with Crippen LogP contribution in [0.15, 0.2) is 53.7 Å². The average molecular weight is 314 g/mol. The van der Waals surface area contributed by atoms with Gasteiger partial charge in [0.25, 0.3) is 0 Å². The zero-order chi connectivity index (χ0) is 16.3. The van der Waals surface area contributed by atoms with Crippen molar-refractivity contribution in [3.63, 3.8) is 0 Å². The molecule has 0 aliphatic carbocycles. The van der Waals surface area contributed by atoms with Crippen LogP contribution in [0.5, 0.6) is 11.6 Å². The highest BCUT2D eigenvalue weighted by Crippen LogP contribution is 2.08. The van der Waals surface area contributed by atoms with Gasteiger partial charge in [-0.25, -0.2) is 4.98 Å². The van der Waals surface area contributed by atoms with Gasteiger partial charge in [0.1, 0.15) is 12.4 Å². The van der Waals surface area contributed by atoms with Crippen LogP contribution in [0.2, 0.25) is 0 Å². The van der Waals surface area contributed by atoms with Crippen LogP contribution in [0.25, 0.3) is 0 Å². The summed E-state index contributed by atoms with van der Waals surface area (Å²) in [4.78, 5) is 8.26. The lowest BCUT2D eigenvalue weighted by atomic mass is 10.2. The molecular formula is C17H22N4O2. The number of methoxy groups -OCH3 is 1. The van der Waals surface area contributed by atoms with Gasteiger partial charge in [0.05, 0.1) is 13.7 Å². The number of nitrogens with zero attached hydrogens (tertiary/aromatic N) is 2. The Balaban J connectivity index is 1.71. The topological polar surface area (TPSA) is 67.8 Å². The van der Waals surface area contributed by atoms with E-state index in [9.17, 15) is 0 Å². The van der Waals surface area contributed by atoms with Crippen molar-refractivity contribution in [1.29, 1.82) is 0 Å². The molecule has 0 fully saturated rings. The molecular weight excluding hydrogens is 292 g/mol. The SMILES string of the molecule is CN=C(NCCOc1ccccc1)NCc1ccnc(OC)c1. The normalized spacial score (nSPS) is 11.0. The van der Waals surface area contributed by atoms with Crippen molar-refractivity contribution in [2.24, 2.45) is 4.99 Å². The Labute approximate surface area is 136 Å². The third-order valence-electron chi connectivity index (χ3n) is 3.10. The summed E-state index contributed by atoms with van der Waals surface area (Å²) < 4.78 is 10.7. The summed E-state index contributed by atoms with van der Waals surface area (Å²) in [5.41, 5.74) is 1.07. The van der Waals surface area contributed by atoms with Crippen LogP contribution in [0.4, 0.5) is 0 Å². The fourth-order valence-electron chi connectivity index (χ4n) is 1.93. The summed E-state index contributed by atoms with van der Waals surface area (Å²) in [6.45, 7) is 1.86. The minimum absolute atomic E-state index is 0.563. The predicted octanol–water partition coefficient (Wildman–Crippen LogP) is 1.83. The molecule has 0 amide bonds. The molecule has 0 bridgehead atoms. The van der Waals surface area contributed by atoms with Gasteiger partial charge in [0.15, 0.2) is 5.96 Å². The Bertz CT molecular complexity index is 617. The second-order valence-electron chi connectivity index (χ2n) is 4.72. The van der Waals surface area contributed by atoms with Crippen LogP contribution in [0, 0.1) is 0 Å². The number of para-hydroxylation sites is 1. The largest absolute Gasteiger partial charge is 0.492 e. The molecule has 6 heteroatoms. The van der Waals surface area contributed by atoms with Gasteiger partial charge in [-0.2, -0.15) is 0 Å². The molecule has 1 heterocycles. The molecule has 0 saturated heterocycles. The summed E-state index contributed by atoms with van der Waals surface area (Å²) in [5.74, 6) is 2.18. The first-order valence-corrected chi connectivity index (χ1v) is 7.43. The number of benzene rings is 1. The average Bonchev–Trinajstić information content (AvgIpc) is 2.62. The molecule has 2 N–H and O–H groups in total. The maximum Gasteiger partial charge on any atom is 0.213 e. The van der Waals surface area contributed by atoms with Crippen LogP contribution < -0.4 is 20.1 Å². The van der Waals surface area contributed by atoms with E-state index in [0.717, 1.165) is 17.3 Å². The van der Waals surface area contributed by atoms with Crippen molar-refractivity contribution < 1.29 is 9.47 Å². The standard InChI is InChI=1S/C17H22N4O2/c1-18-17(20-10-11-23-15-6-4-3-5-7-15)21-13-14-8-9-19-16(12-14)22-2/h3-9,12H,10-11,13H2,1-2H3,(H2,18,20,21). The first-order valence-electron chi connectivity index (χ1n) is 7.43. The Kier molecular flexibility index (Phi) is 6.71. The lowest BCUT2D eigenvalue weighted by Gasteiger charge is -2.12. The van der Waals surface area contributed by atoms with E-state index in [1.165, 1.54) is 0 Å². The first-order chi connectivity index (χ1) is 11.3. The van der Waals surface area contributed by atoms with Crippen LogP contribution in [-0.2, 0) is 6.54 Å². The minimum Gasteiger partial charge on any atom is -0.492 e. The molecule has 0 unspecified atom stereocenters. The molecule has 0 aliphatic heterocycles. The molecule has 0 saturated carbocycles. The van der Waals surface area contributed by atoms with Crippen molar-refractivity contribution in [1.82, 2.24) is 15.6 Å². The molecule has 0 aliphatic rings. The van der Waals surface area contributed by atoms with Crippen molar-refractivity contribution in [2.75, 3.05) is 27.3 Å². The van der Waals surface area contributed by atoms with E-state index in [1.54, 1.807) is 20.4 Å². The van der Waals surface area contributed by atoms with Crippen molar-refractivity contribution in [3.05, 3.63) is 54.2 Å². The number of rotatable bonds is 7. The molecule has 6 nitrogen and oxygen atoms in total. The van der Waals surface area contributed by atoms with E-state index in [-0.39, 0.29) is 0 Å². The number of aliphatic imine (C=N–C) groups is 1. The Morgan fingerprint density at radius 3 is 2.74 bits per heavy atom. The molecule has 122 valence electrons.